The van der Waals surface area contributed by atoms with Gasteiger partial charge in [0.15, 0.2) is 11.9 Å². The summed E-state index contributed by atoms with van der Waals surface area (Å²) in [5.41, 5.74) is 1.54. The van der Waals surface area contributed by atoms with Gasteiger partial charge in [-0.1, -0.05) is 96.5 Å². The molecule has 37 heavy (non-hydrogen) atoms. The Labute approximate surface area is 242 Å². The number of benzene rings is 1. The molecular formula is C31H49IN2O3. The summed E-state index contributed by atoms with van der Waals surface area (Å²) in [6.45, 7) is 3.42. The zero-order valence-corrected chi connectivity index (χ0v) is 25.6. The van der Waals surface area contributed by atoms with Crippen molar-refractivity contribution in [3.8, 4) is 11.5 Å². The number of methoxy groups -OCH3 is 1. The molecule has 0 aliphatic carbocycles. The van der Waals surface area contributed by atoms with E-state index in [1.165, 1.54) is 83.5 Å². The first-order valence-corrected chi connectivity index (χ1v) is 14.2. The number of amides is 1. The summed E-state index contributed by atoms with van der Waals surface area (Å²) < 4.78 is 13.4. The molecule has 0 atom stereocenters. The van der Waals surface area contributed by atoms with Gasteiger partial charge < -0.3 is 38.8 Å². The Kier molecular flexibility index (Phi) is 19.0. The third kappa shape index (κ3) is 14.0. The number of hydrogen-bond donors (Lipinski definition) is 1. The number of halogens is 1. The minimum absolute atomic E-state index is 0. The summed E-state index contributed by atoms with van der Waals surface area (Å²) in [6.07, 6.45) is 20.8. The van der Waals surface area contributed by atoms with Crippen molar-refractivity contribution in [1.29, 1.82) is 0 Å². The molecule has 0 saturated heterocycles. The molecule has 2 rings (SSSR count). The van der Waals surface area contributed by atoms with Gasteiger partial charge in [-0.15, -0.1) is 0 Å². The van der Waals surface area contributed by atoms with Gasteiger partial charge in [0.25, 0.3) is 5.91 Å². The van der Waals surface area contributed by atoms with E-state index in [9.17, 15) is 4.79 Å². The van der Waals surface area contributed by atoms with Gasteiger partial charge in [-0.2, -0.15) is 0 Å². The van der Waals surface area contributed by atoms with E-state index < -0.39 is 0 Å². The fraction of sp³-hybridized carbons (Fsp3) is 0.613. The third-order valence-corrected chi connectivity index (χ3v) is 6.78. The van der Waals surface area contributed by atoms with Crippen LogP contribution in [0.15, 0.2) is 42.6 Å². The van der Waals surface area contributed by atoms with Gasteiger partial charge in [-0.05, 0) is 18.6 Å². The van der Waals surface area contributed by atoms with Gasteiger partial charge in [0.05, 0.1) is 19.3 Å². The molecule has 0 fully saturated rings. The molecule has 1 aromatic heterocycles. The average Bonchev–Trinajstić information content (AvgIpc) is 2.90. The SMILES string of the molecule is CCCCCCCCCCCCCCCCOc1ccc(C(=O)NCc2cccc[n+]2C)c(OC)c1.[I-]. The largest absolute Gasteiger partial charge is 1.00 e. The van der Waals surface area contributed by atoms with E-state index in [4.69, 9.17) is 9.47 Å². The molecule has 208 valence electrons. The highest BCUT2D eigenvalue weighted by atomic mass is 127. The van der Waals surface area contributed by atoms with Crippen molar-refractivity contribution in [1.82, 2.24) is 5.32 Å². The summed E-state index contributed by atoms with van der Waals surface area (Å²) >= 11 is 0. The maximum absolute atomic E-state index is 12.7. The Morgan fingerprint density at radius 2 is 1.43 bits per heavy atom. The van der Waals surface area contributed by atoms with Crippen LogP contribution in [0.5, 0.6) is 11.5 Å². The fourth-order valence-corrected chi connectivity index (χ4v) is 4.44. The molecule has 5 nitrogen and oxygen atoms in total. The van der Waals surface area contributed by atoms with Crippen molar-refractivity contribution in [3.63, 3.8) is 0 Å². The van der Waals surface area contributed by atoms with Crippen LogP contribution in [0.3, 0.4) is 0 Å². The van der Waals surface area contributed by atoms with E-state index in [1.54, 1.807) is 19.2 Å². The third-order valence-electron chi connectivity index (χ3n) is 6.78. The number of nitrogens with one attached hydrogen (secondary N) is 1. The average molecular weight is 625 g/mol. The van der Waals surface area contributed by atoms with Crippen LogP contribution in [0.4, 0.5) is 0 Å². The van der Waals surface area contributed by atoms with Gasteiger partial charge in [0.1, 0.15) is 25.1 Å². The number of ether oxygens (including phenoxy) is 2. The maximum Gasteiger partial charge on any atom is 0.255 e. The minimum atomic E-state index is -0.158. The maximum atomic E-state index is 12.7. The van der Waals surface area contributed by atoms with Crippen LogP contribution in [0.2, 0.25) is 0 Å². The lowest BCUT2D eigenvalue weighted by Gasteiger charge is -2.12. The highest BCUT2D eigenvalue weighted by molar-refractivity contribution is 5.97. The van der Waals surface area contributed by atoms with Crippen LogP contribution in [0.25, 0.3) is 0 Å². The van der Waals surface area contributed by atoms with E-state index in [0.717, 1.165) is 17.9 Å². The molecule has 0 spiro atoms. The van der Waals surface area contributed by atoms with Gasteiger partial charge in [-0.25, -0.2) is 4.57 Å². The van der Waals surface area contributed by atoms with Crippen LogP contribution in [0.1, 0.15) is 113 Å². The van der Waals surface area contributed by atoms with Crippen molar-refractivity contribution < 1.29 is 42.8 Å². The van der Waals surface area contributed by atoms with Crippen molar-refractivity contribution in [2.24, 2.45) is 7.05 Å². The van der Waals surface area contributed by atoms with Crippen LogP contribution < -0.4 is 43.3 Å². The second kappa shape index (κ2) is 21.1. The monoisotopic (exact) mass is 624 g/mol. The van der Waals surface area contributed by atoms with Crippen LogP contribution in [0, 0.1) is 0 Å². The molecule has 1 amide bonds. The molecule has 0 aliphatic heterocycles. The number of hydrogen-bond acceptors (Lipinski definition) is 3. The molecule has 1 N–H and O–H groups in total. The van der Waals surface area contributed by atoms with Gasteiger partial charge >= 0.3 is 0 Å². The first-order chi connectivity index (χ1) is 17.7. The van der Waals surface area contributed by atoms with Crippen molar-refractivity contribution in [2.75, 3.05) is 13.7 Å². The number of nitrogens with zero attached hydrogens (tertiary/aromatic N) is 1. The van der Waals surface area contributed by atoms with E-state index in [2.05, 4.69) is 12.2 Å². The summed E-state index contributed by atoms with van der Waals surface area (Å²) in [6, 6.07) is 11.4. The molecule has 2 aromatic rings. The highest BCUT2D eigenvalue weighted by Gasteiger charge is 2.15. The molecule has 6 heteroatoms. The predicted molar refractivity (Wildman–Crippen MR) is 148 cm³/mol. The Balaban J connectivity index is 0.00000684. The van der Waals surface area contributed by atoms with E-state index in [-0.39, 0.29) is 29.9 Å². The van der Waals surface area contributed by atoms with E-state index in [1.807, 2.05) is 42.1 Å². The number of rotatable bonds is 20. The van der Waals surface area contributed by atoms with Crippen molar-refractivity contribution in [3.05, 3.63) is 53.9 Å². The molecule has 1 heterocycles. The molecule has 0 bridgehead atoms. The Hall–Kier alpha value is -1.83. The van der Waals surface area contributed by atoms with Crippen LogP contribution in [-0.2, 0) is 13.6 Å². The van der Waals surface area contributed by atoms with Crippen molar-refractivity contribution in [2.45, 2.75) is 103 Å². The molecule has 0 unspecified atom stereocenters. The van der Waals surface area contributed by atoms with E-state index >= 15 is 0 Å². The fourth-order valence-electron chi connectivity index (χ4n) is 4.44. The van der Waals surface area contributed by atoms with Gasteiger partial charge in [-0.3, -0.25) is 4.79 Å². The number of carbonyl (C=O) groups excluding carboxylic acids is 1. The zero-order chi connectivity index (χ0) is 25.8. The number of pyridine rings is 1. The topological polar surface area (TPSA) is 51.4 Å². The lowest BCUT2D eigenvalue weighted by Crippen LogP contribution is -3.00. The number of unbranched alkanes of at least 4 members (excludes halogenated alkanes) is 13. The Morgan fingerprint density at radius 1 is 0.838 bits per heavy atom. The van der Waals surface area contributed by atoms with Crippen LogP contribution >= 0.6 is 0 Å². The highest BCUT2D eigenvalue weighted by Crippen LogP contribution is 2.25. The normalized spacial score (nSPS) is 10.6. The summed E-state index contributed by atoms with van der Waals surface area (Å²) in [5, 5.41) is 2.97. The first-order valence-electron chi connectivity index (χ1n) is 14.2. The summed E-state index contributed by atoms with van der Waals surface area (Å²) in [7, 11) is 3.55. The Bertz CT molecular complexity index is 875. The standard InChI is InChI=1S/C31H48N2O3.HI/c1-4-5-6-7-8-9-10-11-12-13-14-15-16-19-24-36-28-21-22-29(30(25-28)35-3)31(34)32-26-27-20-17-18-23-33(27)2;/h17-18,20-23,25H,4-16,19,24,26H2,1-3H3;1H. The predicted octanol–water partition coefficient (Wildman–Crippen LogP) is 4.31. The minimum Gasteiger partial charge on any atom is -1.00 e. The summed E-state index contributed by atoms with van der Waals surface area (Å²) in [5.74, 6) is 1.12. The molecule has 0 saturated carbocycles. The second-order valence-corrected chi connectivity index (χ2v) is 9.79. The summed E-state index contributed by atoms with van der Waals surface area (Å²) in [4.78, 5) is 12.7. The van der Waals surface area contributed by atoms with Gasteiger partial charge in [0, 0.05) is 18.2 Å². The first kappa shape index (κ1) is 33.2. The molecule has 1 aromatic carbocycles. The number of aryl methyl sites for hydroxylation is 1. The Morgan fingerprint density at radius 3 is 2.00 bits per heavy atom. The van der Waals surface area contributed by atoms with Crippen molar-refractivity contribution >= 4 is 5.91 Å². The lowest BCUT2D eigenvalue weighted by molar-refractivity contribution is -0.679. The lowest BCUT2D eigenvalue weighted by atomic mass is 10.0. The smallest absolute Gasteiger partial charge is 0.255 e. The molecule has 0 aliphatic rings. The second-order valence-electron chi connectivity index (χ2n) is 9.79. The van der Waals surface area contributed by atoms with Crippen LogP contribution in [-0.4, -0.2) is 19.6 Å². The molecule has 0 radical (unpaired) electrons. The zero-order valence-electron chi connectivity index (χ0n) is 23.4. The number of carbonyl (C=O) groups is 1. The van der Waals surface area contributed by atoms with E-state index in [0.29, 0.717) is 24.5 Å². The molecular weight excluding hydrogens is 575 g/mol. The number of aromatic nitrogens is 1. The van der Waals surface area contributed by atoms with Gasteiger partial charge in [0.2, 0.25) is 0 Å². The quantitative estimate of drug-likeness (QED) is 0.136.